The van der Waals surface area contributed by atoms with E-state index in [1.165, 1.54) is 18.9 Å². The molecular formula is C15H19F3N6. The third-order valence-corrected chi connectivity index (χ3v) is 5.03. The molecule has 1 atom stereocenters. The van der Waals surface area contributed by atoms with Crippen LogP contribution >= 0.6 is 0 Å². The Kier molecular flexibility index (Phi) is 3.82. The number of hydrogen-bond acceptors (Lipinski definition) is 5. The third-order valence-electron chi connectivity index (χ3n) is 5.03. The van der Waals surface area contributed by atoms with Crippen LogP contribution in [0, 0.1) is 5.92 Å². The zero-order valence-corrected chi connectivity index (χ0v) is 13.1. The van der Waals surface area contributed by atoms with Crippen molar-refractivity contribution in [2.45, 2.75) is 37.9 Å². The van der Waals surface area contributed by atoms with Crippen LogP contribution in [0.2, 0.25) is 0 Å². The van der Waals surface area contributed by atoms with E-state index in [0.29, 0.717) is 17.8 Å². The average molecular weight is 340 g/mol. The van der Waals surface area contributed by atoms with Crippen molar-refractivity contribution in [1.29, 1.82) is 0 Å². The predicted molar refractivity (Wildman–Crippen MR) is 81.7 cm³/mol. The van der Waals surface area contributed by atoms with Crippen molar-refractivity contribution >= 4 is 11.5 Å². The number of halogens is 3. The highest BCUT2D eigenvalue weighted by Crippen LogP contribution is 2.30. The lowest BCUT2D eigenvalue weighted by Gasteiger charge is -2.35. The fourth-order valence-electron chi connectivity index (χ4n) is 3.77. The highest BCUT2D eigenvalue weighted by molar-refractivity contribution is 5.46. The lowest BCUT2D eigenvalue weighted by Crippen LogP contribution is -2.41. The second-order valence-corrected chi connectivity index (χ2v) is 6.51. The molecule has 0 amide bonds. The fourth-order valence-corrected chi connectivity index (χ4v) is 3.77. The van der Waals surface area contributed by atoms with Crippen molar-refractivity contribution in [3.63, 3.8) is 0 Å². The van der Waals surface area contributed by atoms with Gasteiger partial charge in [0.15, 0.2) is 5.65 Å². The van der Waals surface area contributed by atoms with Gasteiger partial charge in [0.2, 0.25) is 0 Å². The number of anilines is 1. The molecule has 2 saturated heterocycles. The monoisotopic (exact) mass is 340 g/mol. The molecule has 2 aliphatic rings. The Labute approximate surface area is 137 Å². The summed E-state index contributed by atoms with van der Waals surface area (Å²) in [6.07, 6.45) is -0.0367. The quantitative estimate of drug-likeness (QED) is 0.907. The van der Waals surface area contributed by atoms with E-state index in [1.54, 1.807) is 6.07 Å². The van der Waals surface area contributed by atoms with Gasteiger partial charge in [0.1, 0.15) is 5.82 Å². The Morgan fingerprint density at radius 2 is 1.88 bits per heavy atom. The largest absolute Gasteiger partial charge is 0.453 e. The van der Waals surface area contributed by atoms with Crippen LogP contribution in [0.15, 0.2) is 12.1 Å². The summed E-state index contributed by atoms with van der Waals surface area (Å²) in [5.41, 5.74) is 0.108. The summed E-state index contributed by atoms with van der Waals surface area (Å²) in [5.74, 6) is 0.114. The molecule has 24 heavy (non-hydrogen) atoms. The number of piperidine rings is 1. The summed E-state index contributed by atoms with van der Waals surface area (Å²) in [6.45, 7) is 2.71. The molecule has 0 aliphatic carbocycles. The zero-order chi connectivity index (χ0) is 16.7. The summed E-state index contributed by atoms with van der Waals surface area (Å²) in [6, 6.07) is 3.85. The van der Waals surface area contributed by atoms with Gasteiger partial charge in [-0.3, -0.25) is 0 Å². The van der Waals surface area contributed by atoms with E-state index in [0.717, 1.165) is 37.0 Å². The maximum Gasteiger partial charge on any atom is 0.453 e. The van der Waals surface area contributed by atoms with Crippen molar-refractivity contribution in [1.82, 2.24) is 25.1 Å². The van der Waals surface area contributed by atoms with E-state index in [1.807, 2.05) is 4.90 Å². The van der Waals surface area contributed by atoms with Crippen LogP contribution < -0.4 is 10.2 Å². The van der Waals surface area contributed by atoms with E-state index in [2.05, 4.69) is 20.6 Å². The molecule has 0 spiro atoms. The maximum absolute atomic E-state index is 13.0. The van der Waals surface area contributed by atoms with Gasteiger partial charge in [0.05, 0.1) is 0 Å². The first-order valence-electron chi connectivity index (χ1n) is 8.30. The van der Waals surface area contributed by atoms with Crippen LogP contribution in [0.4, 0.5) is 19.0 Å². The molecule has 6 nitrogen and oxygen atoms in total. The number of fused-ring (bicyclic) bond motifs is 1. The van der Waals surface area contributed by atoms with Crippen LogP contribution in [-0.4, -0.2) is 45.5 Å². The Bertz CT molecular complexity index is 714. The summed E-state index contributed by atoms with van der Waals surface area (Å²) in [5, 5.41) is 14.4. The van der Waals surface area contributed by atoms with Gasteiger partial charge in [-0.1, -0.05) is 0 Å². The smallest absolute Gasteiger partial charge is 0.355 e. The maximum atomic E-state index is 13.0. The third kappa shape index (κ3) is 2.81. The zero-order valence-electron chi connectivity index (χ0n) is 13.1. The van der Waals surface area contributed by atoms with Crippen LogP contribution in [0.1, 0.15) is 31.5 Å². The topological polar surface area (TPSA) is 58.4 Å². The molecule has 4 rings (SSSR count). The minimum absolute atomic E-state index is 0.108. The van der Waals surface area contributed by atoms with E-state index in [-0.39, 0.29) is 5.65 Å². The number of hydrogen-bond donors (Lipinski definition) is 1. The van der Waals surface area contributed by atoms with E-state index < -0.39 is 12.0 Å². The molecule has 2 aromatic heterocycles. The standard InChI is InChI=1S/C15H19F3N6/c16-15(17,18)14-21-20-12-3-4-13(22-24(12)14)23-8-5-10(6-9-23)11-2-1-7-19-11/h3-4,10-11,19H,1-2,5-9H2. The number of alkyl halides is 3. The van der Waals surface area contributed by atoms with Crippen LogP contribution in [0.5, 0.6) is 0 Å². The second-order valence-electron chi connectivity index (χ2n) is 6.51. The molecule has 4 heterocycles. The minimum atomic E-state index is -4.56. The summed E-state index contributed by atoms with van der Waals surface area (Å²) in [7, 11) is 0. The van der Waals surface area contributed by atoms with Crippen molar-refractivity contribution in [3.8, 4) is 0 Å². The first-order valence-corrected chi connectivity index (χ1v) is 8.30. The molecule has 0 bridgehead atoms. The normalized spacial score (nSPS) is 23.3. The summed E-state index contributed by atoms with van der Waals surface area (Å²) >= 11 is 0. The number of rotatable bonds is 2. The van der Waals surface area contributed by atoms with Gasteiger partial charge in [-0.2, -0.15) is 17.7 Å². The minimum Gasteiger partial charge on any atom is -0.355 e. The molecule has 1 N–H and O–H groups in total. The van der Waals surface area contributed by atoms with E-state index in [4.69, 9.17) is 0 Å². The van der Waals surface area contributed by atoms with Crippen molar-refractivity contribution in [3.05, 3.63) is 18.0 Å². The SMILES string of the molecule is FC(F)(F)c1nnc2ccc(N3CCC(C4CCCN4)CC3)nn12. The predicted octanol–water partition coefficient (Wildman–Crippen LogP) is 2.11. The lowest BCUT2D eigenvalue weighted by atomic mass is 9.88. The Morgan fingerprint density at radius 1 is 1.08 bits per heavy atom. The molecule has 130 valence electrons. The average Bonchev–Trinajstić information content (AvgIpc) is 3.23. The van der Waals surface area contributed by atoms with Crippen LogP contribution in [0.3, 0.4) is 0 Å². The molecule has 9 heteroatoms. The summed E-state index contributed by atoms with van der Waals surface area (Å²) in [4.78, 5) is 2.05. The highest BCUT2D eigenvalue weighted by atomic mass is 19.4. The Morgan fingerprint density at radius 3 is 2.54 bits per heavy atom. The molecule has 0 aromatic carbocycles. The molecule has 0 radical (unpaired) electrons. The van der Waals surface area contributed by atoms with Gasteiger partial charge < -0.3 is 10.2 Å². The van der Waals surface area contributed by atoms with Crippen molar-refractivity contribution in [2.24, 2.45) is 5.92 Å². The van der Waals surface area contributed by atoms with Gasteiger partial charge >= 0.3 is 6.18 Å². The Hall–Kier alpha value is -1.90. The van der Waals surface area contributed by atoms with Gasteiger partial charge in [0, 0.05) is 19.1 Å². The fraction of sp³-hybridized carbons (Fsp3) is 0.667. The second kappa shape index (κ2) is 5.87. The molecule has 2 aliphatic heterocycles. The Balaban J connectivity index is 1.52. The van der Waals surface area contributed by atoms with Crippen LogP contribution in [-0.2, 0) is 6.18 Å². The van der Waals surface area contributed by atoms with Gasteiger partial charge in [-0.15, -0.1) is 15.3 Å². The number of aromatic nitrogens is 4. The highest BCUT2D eigenvalue weighted by Gasteiger charge is 2.38. The van der Waals surface area contributed by atoms with Crippen LogP contribution in [0.25, 0.3) is 5.65 Å². The number of nitrogens with one attached hydrogen (secondary N) is 1. The van der Waals surface area contributed by atoms with Crippen molar-refractivity contribution < 1.29 is 13.2 Å². The number of nitrogens with zero attached hydrogens (tertiary/aromatic N) is 5. The molecule has 2 aromatic rings. The van der Waals surface area contributed by atoms with Gasteiger partial charge in [-0.25, -0.2) is 0 Å². The molecule has 0 saturated carbocycles. The van der Waals surface area contributed by atoms with Crippen molar-refractivity contribution in [2.75, 3.05) is 24.5 Å². The molecule has 2 fully saturated rings. The van der Waals surface area contributed by atoms with Gasteiger partial charge in [0.25, 0.3) is 5.82 Å². The summed E-state index contributed by atoms with van der Waals surface area (Å²) < 4.78 is 39.7. The molecule has 1 unspecified atom stereocenters. The lowest BCUT2D eigenvalue weighted by molar-refractivity contribution is -0.146. The van der Waals surface area contributed by atoms with E-state index >= 15 is 0 Å². The van der Waals surface area contributed by atoms with Gasteiger partial charge in [-0.05, 0) is 50.3 Å². The molecular weight excluding hydrogens is 321 g/mol. The van der Waals surface area contributed by atoms with E-state index in [9.17, 15) is 13.2 Å². The first-order chi connectivity index (χ1) is 11.5. The first kappa shape index (κ1) is 15.6.